The second-order valence-corrected chi connectivity index (χ2v) is 6.17. The number of nitrogens with two attached hydrogens (primary N) is 1. The largest absolute Gasteiger partial charge is 0.481 e. The van der Waals surface area contributed by atoms with E-state index in [2.05, 4.69) is 5.32 Å². The number of hydrogen-bond acceptors (Lipinski definition) is 5. The first kappa shape index (κ1) is 18.9. The number of carboxylic acid groups (broad SMARTS) is 2. The fraction of sp³-hybridized carbons (Fsp3) is 0.714. The van der Waals surface area contributed by atoms with Gasteiger partial charge in [0.05, 0.1) is 6.54 Å². The van der Waals surface area contributed by atoms with Crippen molar-refractivity contribution >= 4 is 23.8 Å². The molecule has 2 atom stereocenters. The van der Waals surface area contributed by atoms with Crippen LogP contribution in [0.3, 0.4) is 0 Å². The van der Waals surface area contributed by atoms with Gasteiger partial charge in [-0.25, -0.2) is 4.79 Å². The van der Waals surface area contributed by atoms with Crippen LogP contribution in [0, 0.1) is 0 Å². The van der Waals surface area contributed by atoms with Gasteiger partial charge in [0.15, 0.2) is 0 Å². The summed E-state index contributed by atoms with van der Waals surface area (Å²) in [5.74, 6) is -3.44. The standard InChI is InChI=1S/C14H23N3O6/c1-14(2)6-5-9(17(14)10(18)7-15)12(21)16-8(13(22)23)3-4-11(19)20/h8-9H,3-7,15H2,1-2H3,(H,16,21)(H,19,20)(H,22,23)/t8-,9+/m0/s1. The van der Waals surface area contributed by atoms with Crippen molar-refractivity contribution in [2.45, 2.75) is 57.2 Å². The average Bonchev–Trinajstić information content (AvgIpc) is 2.77. The Bertz CT molecular complexity index is 505. The quantitative estimate of drug-likeness (QED) is 0.475. The molecule has 0 bridgehead atoms. The zero-order chi connectivity index (χ0) is 17.8. The Hall–Kier alpha value is -2.16. The molecule has 0 radical (unpaired) electrons. The number of likely N-dealkylation sites (tertiary alicyclic amines) is 1. The summed E-state index contributed by atoms with van der Waals surface area (Å²) in [6.07, 6.45) is 0.385. The van der Waals surface area contributed by atoms with E-state index in [1.54, 1.807) is 0 Å². The highest BCUT2D eigenvalue weighted by atomic mass is 16.4. The van der Waals surface area contributed by atoms with Gasteiger partial charge in [0, 0.05) is 12.0 Å². The monoisotopic (exact) mass is 329 g/mol. The molecule has 0 aliphatic carbocycles. The molecule has 23 heavy (non-hydrogen) atoms. The van der Waals surface area contributed by atoms with Crippen LogP contribution >= 0.6 is 0 Å². The molecule has 9 heteroatoms. The Morgan fingerprint density at radius 3 is 2.39 bits per heavy atom. The molecule has 1 aliphatic heterocycles. The van der Waals surface area contributed by atoms with Crippen molar-refractivity contribution in [1.29, 1.82) is 0 Å². The van der Waals surface area contributed by atoms with Crippen LogP contribution in [0.15, 0.2) is 0 Å². The maximum atomic E-state index is 12.4. The molecule has 0 aromatic heterocycles. The van der Waals surface area contributed by atoms with Crippen molar-refractivity contribution in [2.75, 3.05) is 6.54 Å². The van der Waals surface area contributed by atoms with Crippen molar-refractivity contribution < 1.29 is 29.4 Å². The molecule has 0 saturated carbocycles. The molecule has 1 rings (SSSR count). The first-order chi connectivity index (χ1) is 10.6. The van der Waals surface area contributed by atoms with Crippen LogP contribution in [0.5, 0.6) is 0 Å². The van der Waals surface area contributed by atoms with Crippen molar-refractivity contribution in [3.63, 3.8) is 0 Å². The predicted molar refractivity (Wildman–Crippen MR) is 79.4 cm³/mol. The highest BCUT2D eigenvalue weighted by Crippen LogP contribution is 2.33. The Balaban J connectivity index is 2.83. The van der Waals surface area contributed by atoms with Gasteiger partial charge in [0.25, 0.3) is 0 Å². The third-order valence-electron chi connectivity index (χ3n) is 4.00. The lowest BCUT2D eigenvalue weighted by Gasteiger charge is -2.35. The van der Waals surface area contributed by atoms with E-state index in [1.165, 1.54) is 4.90 Å². The second-order valence-electron chi connectivity index (χ2n) is 6.17. The van der Waals surface area contributed by atoms with Crippen LogP contribution in [-0.2, 0) is 19.2 Å². The number of amides is 2. The maximum Gasteiger partial charge on any atom is 0.326 e. The lowest BCUT2D eigenvalue weighted by Crippen LogP contribution is -2.56. The predicted octanol–water partition coefficient (Wildman–Crippen LogP) is -0.851. The molecule has 0 aromatic carbocycles. The average molecular weight is 329 g/mol. The molecule has 1 heterocycles. The Labute approximate surface area is 133 Å². The lowest BCUT2D eigenvalue weighted by atomic mass is 10.0. The van der Waals surface area contributed by atoms with Gasteiger partial charge in [-0.1, -0.05) is 0 Å². The fourth-order valence-corrected chi connectivity index (χ4v) is 2.81. The molecule has 130 valence electrons. The third kappa shape index (κ3) is 4.65. The summed E-state index contributed by atoms with van der Waals surface area (Å²) in [5, 5.41) is 20.1. The van der Waals surface area contributed by atoms with Crippen molar-refractivity contribution in [2.24, 2.45) is 5.73 Å². The molecule has 2 amide bonds. The first-order valence-corrected chi connectivity index (χ1v) is 7.37. The van der Waals surface area contributed by atoms with Crippen LogP contribution in [0.25, 0.3) is 0 Å². The van der Waals surface area contributed by atoms with Gasteiger partial charge in [0.2, 0.25) is 11.8 Å². The van der Waals surface area contributed by atoms with E-state index < -0.39 is 35.5 Å². The normalized spacial score (nSPS) is 20.8. The molecule has 1 fully saturated rings. The van der Waals surface area contributed by atoms with E-state index in [0.29, 0.717) is 12.8 Å². The summed E-state index contributed by atoms with van der Waals surface area (Å²) < 4.78 is 0. The fourth-order valence-electron chi connectivity index (χ4n) is 2.81. The summed E-state index contributed by atoms with van der Waals surface area (Å²) in [6, 6.07) is -2.11. The minimum atomic E-state index is -1.31. The number of aliphatic carboxylic acids is 2. The van der Waals surface area contributed by atoms with Crippen LogP contribution < -0.4 is 11.1 Å². The van der Waals surface area contributed by atoms with Gasteiger partial charge in [-0.15, -0.1) is 0 Å². The molecular weight excluding hydrogens is 306 g/mol. The smallest absolute Gasteiger partial charge is 0.326 e. The SMILES string of the molecule is CC1(C)CC[C@H](C(=O)N[C@@H](CCC(=O)O)C(=O)O)N1C(=O)CN. The second kappa shape index (κ2) is 7.40. The maximum absolute atomic E-state index is 12.4. The number of nitrogens with one attached hydrogen (secondary N) is 1. The van der Waals surface area contributed by atoms with E-state index in [0.717, 1.165) is 0 Å². The van der Waals surface area contributed by atoms with Crippen LogP contribution in [0.1, 0.15) is 39.5 Å². The molecule has 1 saturated heterocycles. The molecule has 9 nitrogen and oxygen atoms in total. The summed E-state index contributed by atoms with van der Waals surface area (Å²) in [5.41, 5.74) is 4.84. The summed E-state index contributed by atoms with van der Waals surface area (Å²) in [4.78, 5) is 47.5. The van der Waals surface area contributed by atoms with E-state index in [-0.39, 0.29) is 25.3 Å². The zero-order valence-electron chi connectivity index (χ0n) is 13.2. The van der Waals surface area contributed by atoms with Gasteiger partial charge < -0.3 is 26.2 Å². The molecule has 0 unspecified atom stereocenters. The van der Waals surface area contributed by atoms with E-state index in [9.17, 15) is 19.2 Å². The number of rotatable bonds is 7. The van der Waals surface area contributed by atoms with Gasteiger partial charge in [-0.3, -0.25) is 14.4 Å². The Morgan fingerprint density at radius 1 is 1.30 bits per heavy atom. The van der Waals surface area contributed by atoms with E-state index in [1.807, 2.05) is 13.8 Å². The highest BCUT2D eigenvalue weighted by molar-refractivity contribution is 5.91. The summed E-state index contributed by atoms with van der Waals surface area (Å²) in [7, 11) is 0. The highest BCUT2D eigenvalue weighted by Gasteiger charge is 2.45. The molecule has 5 N–H and O–H groups in total. The number of carbonyl (C=O) groups excluding carboxylic acids is 2. The minimum Gasteiger partial charge on any atom is -0.481 e. The number of nitrogens with zero attached hydrogens (tertiary/aromatic N) is 1. The zero-order valence-corrected chi connectivity index (χ0v) is 13.2. The third-order valence-corrected chi connectivity index (χ3v) is 4.00. The number of carbonyl (C=O) groups is 4. The van der Waals surface area contributed by atoms with Crippen molar-refractivity contribution in [1.82, 2.24) is 10.2 Å². The van der Waals surface area contributed by atoms with Gasteiger partial charge in [0.1, 0.15) is 12.1 Å². The lowest BCUT2D eigenvalue weighted by molar-refractivity contribution is -0.145. The van der Waals surface area contributed by atoms with Crippen molar-refractivity contribution in [3.8, 4) is 0 Å². The van der Waals surface area contributed by atoms with Gasteiger partial charge in [-0.05, 0) is 33.1 Å². The molecular formula is C14H23N3O6. The van der Waals surface area contributed by atoms with Crippen molar-refractivity contribution in [3.05, 3.63) is 0 Å². The summed E-state index contributed by atoms with van der Waals surface area (Å²) in [6.45, 7) is 3.38. The van der Waals surface area contributed by atoms with E-state index in [4.69, 9.17) is 15.9 Å². The Morgan fingerprint density at radius 2 is 1.91 bits per heavy atom. The first-order valence-electron chi connectivity index (χ1n) is 7.37. The molecule has 1 aliphatic rings. The number of hydrogen-bond donors (Lipinski definition) is 4. The summed E-state index contributed by atoms with van der Waals surface area (Å²) >= 11 is 0. The number of carboxylic acids is 2. The Kier molecular flexibility index (Phi) is 6.08. The van der Waals surface area contributed by atoms with E-state index >= 15 is 0 Å². The minimum absolute atomic E-state index is 0.225. The van der Waals surface area contributed by atoms with Gasteiger partial charge in [-0.2, -0.15) is 0 Å². The van der Waals surface area contributed by atoms with Gasteiger partial charge >= 0.3 is 11.9 Å². The molecule has 0 spiro atoms. The molecule has 0 aromatic rings. The topological polar surface area (TPSA) is 150 Å². The van der Waals surface area contributed by atoms with Crippen LogP contribution in [-0.4, -0.2) is 63.0 Å². The van der Waals surface area contributed by atoms with Crippen LogP contribution in [0.4, 0.5) is 0 Å². The van der Waals surface area contributed by atoms with Crippen LogP contribution in [0.2, 0.25) is 0 Å².